The van der Waals surface area contributed by atoms with Crippen LogP contribution in [0.2, 0.25) is 5.02 Å². The molecule has 0 aliphatic rings. The third kappa shape index (κ3) is 4.05. The Morgan fingerprint density at radius 2 is 1.86 bits per heavy atom. The first-order valence-corrected chi connectivity index (χ1v) is 9.01. The predicted octanol–water partition coefficient (Wildman–Crippen LogP) is 2.94. The van der Waals surface area contributed by atoms with Crippen molar-refractivity contribution in [2.75, 3.05) is 14.1 Å². The second-order valence-corrected chi connectivity index (χ2v) is 8.52. The van der Waals surface area contributed by atoms with E-state index in [-0.39, 0.29) is 0 Å². The van der Waals surface area contributed by atoms with E-state index in [2.05, 4.69) is 5.32 Å². The molecule has 2 rings (SSSR count). The highest BCUT2D eigenvalue weighted by Crippen LogP contribution is 2.25. The highest BCUT2D eigenvalue weighted by Gasteiger charge is 2.22. The van der Waals surface area contributed by atoms with E-state index in [1.165, 1.54) is 15.6 Å². The van der Waals surface area contributed by atoms with Gasteiger partial charge in [-0.3, -0.25) is 0 Å². The smallest absolute Gasteiger partial charge is 0.252 e. The molecule has 0 radical (unpaired) electrons. The summed E-state index contributed by atoms with van der Waals surface area (Å²) in [5.74, 6) is 0. The Morgan fingerprint density at radius 3 is 2.48 bits per heavy atom. The molecular weight excluding hydrogens is 328 g/mol. The van der Waals surface area contributed by atoms with Crippen LogP contribution in [0.1, 0.15) is 10.4 Å². The van der Waals surface area contributed by atoms with Crippen LogP contribution in [0.5, 0.6) is 0 Å². The molecule has 1 aromatic carbocycles. The van der Waals surface area contributed by atoms with Crippen LogP contribution in [0.3, 0.4) is 0 Å². The maximum absolute atomic E-state index is 12.5. The number of hydrogen-bond donors (Lipinski definition) is 1. The van der Waals surface area contributed by atoms with Crippen LogP contribution < -0.4 is 5.32 Å². The molecule has 21 heavy (non-hydrogen) atoms. The largest absolute Gasteiger partial charge is 0.315 e. The van der Waals surface area contributed by atoms with Crippen molar-refractivity contribution in [1.29, 1.82) is 0 Å². The second-order valence-electron chi connectivity index (χ2n) is 4.64. The van der Waals surface area contributed by atoms with Crippen molar-refractivity contribution in [3.8, 4) is 0 Å². The van der Waals surface area contributed by atoms with E-state index in [4.69, 9.17) is 11.6 Å². The van der Waals surface area contributed by atoms with E-state index in [1.807, 2.05) is 25.2 Å². The topological polar surface area (TPSA) is 49.4 Å². The maximum Gasteiger partial charge on any atom is 0.252 e. The molecule has 0 atom stereocenters. The first-order chi connectivity index (χ1) is 9.93. The van der Waals surface area contributed by atoms with Gasteiger partial charge in [0.2, 0.25) is 0 Å². The fourth-order valence-corrected chi connectivity index (χ4v) is 4.71. The van der Waals surface area contributed by atoms with E-state index in [1.54, 1.807) is 25.2 Å². The number of halogens is 1. The molecule has 0 fully saturated rings. The van der Waals surface area contributed by atoms with Crippen molar-refractivity contribution >= 4 is 33.0 Å². The first kappa shape index (κ1) is 16.5. The summed E-state index contributed by atoms with van der Waals surface area (Å²) in [4.78, 5) is 0.996. The van der Waals surface area contributed by atoms with Crippen molar-refractivity contribution in [1.82, 2.24) is 9.62 Å². The SMILES string of the molecule is CNCc1ccc(S(=O)(=O)N(C)Cc2ccc(Cl)cc2)s1. The average molecular weight is 345 g/mol. The zero-order chi connectivity index (χ0) is 15.5. The molecule has 0 unspecified atom stereocenters. The molecule has 0 saturated carbocycles. The normalized spacial score (nSPS) is 12.0. The summed E-state index contributed by atoms with van der Waals surface area (Å²) in [6.45, 7) is 0.986. The predicted molar refractivity (Wildman–Crippen MR) is 87.2 cm³/mol. The molecular formula is C14H17ClN2O2S2. The van der Waals surface area contributed by atoms with Crippen LogP contribution in [-0.2, 0) is 23.1 Å². The van der Waals surface area contributed by atoms with Gasteiger partial charge in [-0.2, -0.15) is 4.31 Å². The highest BCUT2D eigenvalue weighted by molar-refractivity contribution is 7.91. The van der Waals surface area contributed by atoms with Crippen molar-refractivity contribution in [2.45, 2.75) is 17.3 Å². The minimum Gasteiger partial charge on any atom is -0.315 e. The lowest BCUT2D eigenvalue weighted by Crippen LogP contribution is -2.25. The fourth-order valence-electron chi connectivity index (χ4n) is 1.85. The molecule has 114 valence electrons. The lowest BCUT2D eigenvalue weighted by atomic mass is 10.2. The summed E-state index contributed by atoms with van der Waals surface area (Å²) < 4.78 is 26.7. The number of sulfonamides is 1. The van der Waals surface area contributed by atoms with Gasteiger partial charge in [0.1, 0.15) is 4.21 Å². The second kappa shape index (κ2) is 6.89. The van der Waals surface area contributed by atoms with E-state index in [0.717, 1.165) is 10.4 Å². The molecule has 1 N–H and O–H groups in total. The van der Waals surface area contributed by atoms with E-state index in [0.29, 0.717) is 22.3 Å². The van der Waals surface area contributed by atoms with Gasteiger partial charge >= 0.3 is 0 Å². The van der Waals surface area contributed by atoms with Crippen molar-refractivity contribution in [3.05, 3.63) is 51.9 Å². The van der Waals surface area contributed by atoms with Gasteiger partial charge in [-0.05, 0) is 36.9 Å². The third-order valence-corrected chi connectivity index (χ3v) is 6.58. The molecule has 0 spiro atoms. The summed E-state index contributed by atoms with van der Waals surface area (Å²) in [5.41, 5.74) is 0.900. The van der Waals surface area contributed by atoms with E-state index in [9.17, 15) is 8.42 Å². The van der Waals surface area contributed by atoms with Gasteiger partial charge in [-0.1, -0.05) is 23.7 Å². The third-order valence-electron chi connectivity index (χ3n) is 2.97. The quantitative estimate of drug-likeness (QED) is 0.876. The molecule has 1 aromatic heterocycles. The highest BCUT2D eigenvalue weighted by atomic mass is 35.5. The maximum atomic E-state index is 12.5. The molecule has 1 heterocycles. The Morgan fingerprint density at radius 1 is 1.19 bits per heavy atom. The minimum atomic E-state index is -3.45. The number of nitrogens with one attached hydrogen (secondary N) is 1. The summed E-state index contributed by atoms with van der Waals surface area (Å²) in [6, 6.07) is 10.7. The summed E-state index contributed by atoms with van der Waals surface area (Å²) in [6.07, 6.45) is 0. The molecule has 0 bridgehead atoms. The lowest BCUT2D eigenvalue weighted by Gasteiger charge is -2.16. The van der Waals surface area contributed by atoms with E-state index >= 15 is 0 Å². The van der Waals surface area contributed by atoms with E-state index < -0.39 is 10.0 Å². The van der Waals surface area contributed by atoms with Gasteiger partial charge in [0.15, 0.2) is 0 Å². The van der Waals surface area contributed by atoms with Crippen molar-refractivity contribution in [2.24, 2.45) is 0 Å². The number of thiophene rings is 1. The Kier molecular flexibility index (Phi) is 5.40. The first-order valence-electron chi connectivity index (χ1n) is 6.37. The van der Waals surface area contributed by atoms with Gasteiger partial charge in [0.05, 0.1) is 0 Å². The van der Waals surface area contributed by atoms with Gasteiger partial charge in [-0.15, -0.1) is 11.3 Å². The monoisotopic (exact) mass is 344 g/mol. The number of rotatable bonds is 6. The van der Waals surface area contributed by atoms with Crippen molar-refractivity contribution in [3.63, 3.8) is 0 Å². The summed E-state index contributed by atoms with van der Waals surface area (Å²) in [5, 5.41) is 3.65. The molecule has 0 aliphatic carbocycles. The van der Waals surface area contributed by atoms with Crippen LogP contribution in [0.25, 0.3) is 0 Å². The minimum absolute atomic E-state index is 0.318. The Bertz CT molecular complexity index is 696. The number of hydrogen-bond acceptors (Lipinski definition) is 4. The molecule has 0 amide bonds. The van der Waals surface area contributed by atoms with Gasteiger partial charge < -0.3 is 5.32 Å². The van der Waals surface area contributed by atoms with Gasteiger partial charge in [0.25, 0.3) is 10.0 Å². The van der Waals surface area contributed by atoms with Crippen LogP contribution >= 0.6 is 22.9 Å². The standard InChI is InChI=1S/C14H17ClN2O2S2/c1-16-9-13-7-8-14(20-13)21(18,19)17(2)10-11-3-5-12(15)6-4-11/h3-8,16H,9-10H2,1-2H3. The van der Waals surface area contributed by atoms with Crippen molar-refractivity contribution < 1.29 is 8.42 Å². The Hall–Kier alpha value is -0.920. The molecule has 0 aliphatic heterocycles. The van der Waals surface area contributed by atoms with Crippen LogP contribution in [0.4, 0.5) is 0 Å². The molecule has 0 saturated heterocycles. The van der Waals surface area contributed by atoms with Gasteiger partial charge in [0, 0.05) is 30.0 Å². The van der Waals surface area contributed by atoms with Crippen LogP contribution in [-0.4, -0.2) is 26.8 Å². The molecule has 7 heteroatoms. The Labute approximate surface area is 134 Å². The lowest BCUT2D eigenvalue weighted by molar-refractivity contribution is 0.468. The molecule has 4 nitrogen and oxygen atoms in total. The van der Waals surface area contributed by atoms with Crippen LogP contribution in [0, 0.1) is 0 Å². The Balaban J connectivity index is 2.15. The summed E-state index contributed by atoms with van der Waals surface area (Å²) in [7, 11) is -0.0351. The van der Waals surface area contributed by atoms with Gasteiger partial charge in [-0.25, -0.2) is 8.42 Å². The van der Waals surface area contributed by atoms with Crippen LogP contribution in [0.15, 0.2) is 40.6 Å². The number of nitrogens with zero attached hydrogens (tertiary/aromatic N) is 1. The molecule has 2 aromatic rings. The fraction of sp³-hybridized carbons (Fsp3) is 0.286. The zero-order valence-corrected chi connectivity index (χ0v) is 14.2. The number of benzene rings is 1. The zero-order valence-electron chi connectivity index (χ0n) is 11.8. The average Bonchev–Trinajstić information content (AvgIpc) is 2.91. The summed E-state index contributed by atoms with van der Waals surface area (Å²) >= 11 is 7.12.